The summed E-state index contributed by atoms with van der Waals surface area (Å²) < 4.78 is 37.5. The van der Waals surface area contributed by atoms with E-state index in [0.717, 1.165) is 12.1 Å². The molecular weight excluding hydrogens is 223 g/mol. The Balaban J connectivity index is 3.30. The Hall–Kier alpha value is -1.56. The molecule has 0 unspecified atom stereocenters. The Morgan fingerprint density at radius 2 is 2.00 bits per heavy atom. The molecule has 0 amide bonds. The van der Waals surface area contributed by atoms with Gasteiger partial charge in [0.05, 0.1) is 5.56 Å². The second-order valence-corrected chi connectivity index (χ2v) is 3.33. The molecule has 1 rings (SSSR count). The highest BCUT2D eigenvalue weighted by atomic mass is 19.4. The average molecular weight is 233 g/mol. The fourth-order valence-corrected chi connectivity index (χ4v) is 1.43. The lowest BCUT2D eigenvalue weighted by Crippen LogP contribution is -2.23. The largest absolute Gasteiger partial charge is 0.480 e. The van der Waals surface area contributed by atoms with Gasteiger partial charge in [0.15, 0.2) is 0 Å². The van der Waals surface area contributed by atoms with Crippen molar-refractivity contribution >= 4 is 5.97 Å². The molecule has 16 heavy (non-hydrogen) atoms. The maximum Gasteiger partial charge on any atom is 0.416 e. The first-order chi connectivity index (χ1) is 7.25. The molecule has 3 N–H and O–H groups in total. The molecule has 0 fully saturated rings. The molecule has 1 aromatic carbocycles. The highest BCUT2D eigenvalue weighted by Gasteiger charge is 2.33. The van der Waals surface area contributed by atoms with Gasteiger partial charge in [-0.15, -0.1) is 0 Å². The van der Waals surface area contributed by atoms with Gasteiger partial charge in [-0.05, 0) is 24.1 Å². The Kier molecular flexibility index (Phi) is 3.23. The van der Waals surface area contributed by atoms with Crippen molar-refractivity contribution in [1.29, 1.82) is 0 Å². The van der Waals surface area contributed by atoms with Crippen molar-refractivity contribution in [3.05, 3.63) is 34.9 Å². The van der Waals surface area contributed by atoms with E-state index in [-0.39, 0.29) is 11.1 Å². The first kappa shape index (κ1) is 12.5. The van der Waals surface area contributed by atoms with Gasteiger partial charge in [0.25, 0.3) is 0 Å². The molecule has 0 bridgehead atoms. The molecule has 1 aromatic rings. The smallest absolute Gasteiger partial charge is 0.416 e. The van der Waals surface area contributed by atoms with Crippen molar-refractivity contribution < 1.29 is 23.1 Å². The Morgan fingerprint density at radius 1 is 1.44 bits per heavy atom. The van der Waals surface area contributed by atoms with Gasteiger partial charge < -0.3 is 10.8 Å². The van der Waals surface area contributed by atoms with Crippen LogP contribution in [0.2, 0.25) is 0 Å². The summed E-state index contributed by atoms with van der Waals surface area (Å²) in [5.74, 6) is -1.36. The second-order valence-electron chi connectivity index (χ2n) is 3.33. The molecule has 88 valence electrons. The lowest BCUT2D eigenvalue weighted by atomic mass is 9.97. The highest BCUT2D eigenvalue weighted by molar-refractivity contribution is 5.76. The van der Waals surface area contributed by atoms with Crippen LogP contribution >= 0.6 is 0 Å². The molecule has 3 nitrogen and oxygen atoms in total. The minimum Gasteiger partial charge on any atom is -0.480 e. The van der Waals surface area contributed by atoms with Crippen molar-refractivity contribution in [3.63, 3.8) is 0 Å². The van der Waals surface area contributed by atoms with Crippen LogP contribution in [0, 0.1) is 6.92 Å². The van der Waals surface area contributed by atoms with E-state index in [9.17, 15) is 18.0 Å². The van der Waals surface area contributed by atoms with E-state index < -0.39 is 23.8 Å². The summed E-state index contributed by atoms with van der Waals surface area (Å²) in [4.78, 5) is 10.6. The van der Waals surface area contributed by atoms with Crippen LogP contribution in [0.1, 0.15) is 22.7 Å². The summed E-state index contributed by atoms with van der Waals surface area (Å²) in [5.41, 5.74) is 4.25. The van der Waals surface area contributed by atoms with Crippen LogP contribution in [-0.2, 0) is 11.0 Å². The summed E-state index contributed by atoms with van der Waals surface area (Å²) in [6, 6.07) is 1.88. The van der Waals surface area contributed by atoms with Gasteiger partial charge in [0, 0.05) is 0 Å². The maximum absolute atomic E-state index is 12.5. The molecule has 0 aromatic heterocycles. The van der Waals surface area contributed by atoms with Gasteiger partial charge in [-0.25, -0.2) is 0 Å². The fourth-order valence-electron chi connectivity index (χ4n) is 1.43. The number of benzene rings is 1. The van der Waals surface area contributed by atoms with Gasteiger partial charge in [-0.1, -0.05) is 12.1 Å². The Morgan fingerprint density at radius 3 is 2.44 bits per heavy atom. The quantitative estimate of drug-likeness (QED) is 0.822. The van der Waals surface area contributed by atoms with E-state index in [0.29, 0.717) is 0 Å². The van der Waals surface area contributed by atoms with E-state index in [1.165, 1.54) is 13.0 Å². The summed E-state index contributed by atoms with van der Waals surface area (Å²) in [5, 5.41) is 8.65. The number of hydrogen-bond donors (Lipinski definition) is 2. The number of carboxylic acid groups (broad SMARTS) is 1. The van der Waals surface area contributed by atoms with Crippen LogP contribution in [0.15, 0.2) is 18.2 Å². The van der Waals surface area contributed by atoms with Crippen molar-refractivity contribution in [1.82, 2.24) is 0 Å². The van der Waals surface area contributed by atoms with Crippen LogP contribution in [0.25, 0.3) is 0 Å². The van der Waals surface area contributed by atoms with E-state index in [4.69, 9.17) is 10.8 Å². The van der Waals surface area contributed by atoms with E-state index >= 15 is 0 Å². The number of carbonyl (C=O) groups is 1. The average Bonchev–Trinajstić information content (AvgIpc) is 2.15. The number of rotatable bonds is 2. The lowest BCUT2D eigenvalue weighted by molar-refractivity contribution is -0.140. The normalized spacial score (nSPS) is 13.6. The standard InChI is InChI=1S/C10H10F3NO2/c1-5-6(8(14)9(15)16)3-2-4-7(5)10(11,12)13/h2-4,8H,14H2,1H3,(H,15,16)/t8-/m0/s1. The highest BCUT2D eigenvalue weighted by Crippen LogP contribution is 2.34. The monoisotopic (exact) mass is 233 g/mol. The topological polar surface area (TPSA) is 63.3 Å². The number of halogens is 3. The predicted molar refractivity (Wildman–Crippen MR) is 50.7 cm³/mol. The summed E-state index contributed by atoms with van der Waals surface area (Å²) in [7, 11) is 0. The van der Waals surface area contributed by atoms with Crippen molar-refractivity contribution in [2.24, 2.45) is 5.73 Å². The SMILES string of the molecule is Cc1c([C@H](N)C(=O)O)cccc1C(F)(F)F. The van der Waals surface area contributed by atoms with Gasteiger partial charge in [-0.3, -0.25) is 4.79 Å². The third kappa shape index (κ3) is 2.33. The van der Waals surface area contributed by atoms with Gasteiger partial charge in [0.2, 0.25) is 0 Å². The van der Waals surface area contributed by atoms with Crippen molar-refractivity contribution in [3.8, 4) is 0 Å². The number of hydrogen-bond acceptors (Lipinski definition) is 2. The second kappa shape index (κ2) is 4.13. The summed E-state index contributed by atoms with van der Waals surface area (Å²) in [6.45, 7) is 1.21. The Bertz CT molecular complexity index is 415. The number of carboxylic acids is 1. The molecule has 0 saturated carbocycles. The van der Waals surface area contributed by atoms with Gasteiger partial charge >= 0.3 is 12.1 Å². The zero-order valence-electron chi connectivity index (χ0n) is 8.38. The fraction of sp³-hybridized carbons (Fsp3) is 0.300. The van der Waals surface area contributed by atoms with E-state index in [1.807, 2.05) is 0 Å². The summed E-state index contributed by atoms with van der Waals surface area (Å²) >= 11 is 0. The molecule has 0 aliphatic heterocycles. The molecule has 0 saturated heterocycles. The van der Waals surface area contributed by atoms with E-state index in [1.54, 1.807) is 0 Å². The zero-order chi connectivity index (χ0) is 12.5. The molecule has 6 heteroatoms. The van der Waals surface area contributed by atoms with Crippen LogP contribution in [0.5, 0.6) is 0 Å². The first-order valence-corrected chi connectivity index (χ1v) is 4.40. The molecule has 1 atom stereocenters. The number of nitrogens with two attached hydrogens (primary N) is 1. The van der Waals surface area contributed by atoms with E-state index in [2.05, 4.69) is 0 Å². The molecule has 0 aliphatic carbocycles. The third-order valence-corrected chi connectivity index (χ3v) is 2.28. The van der Waals surface area contributed by atoms with Crippen LogP contribution in [0.4, 0.5) is 13.2 Å². The molecule has 0 heterocycles. The zero-order valence-corrected chi connectivity index (χ0v) is 8.38. The molecule has 0 aliphatic rings. The van der Waals surface area contributed by atoms with Gasteiger partial charge in [-0.2, -0.15) is 13.2 Å². The molecule has 0 spiro atoms. The number of alkyl halides is 3. The molecular formula is C10H10F3NO2. The summed E-state index contributed by atoms with van der Waals surface area (Å²) in [6.07, 6.45) is -4.50. The van der Waals surface area contributed by atoms with Crippen LogP contribution in [-0.4, -0.2) is 11.1 Å². The minimum absolute atomic E-state index is 0.0256. The van der Waals surface area contributed by atoms with Crippen molar-refractivity contribution in [2.75, 3.05) is 0 Å². The first-order valence-electron chi connectivity index (χ1n) is 4.40. The third-order valence-electron chi connectivity index (χ3n) is 2.28. The molecule has 0 radical (unpaired) electrons. The van der Waals surface area contributed by atoms with Gasteiger partial charge in [0.1, 0.15) is 6.04 Å². The van der Waals surface area contributed by atoms with Crippen molar-refractivity contribution in [2.45, 2.75) is 19.1 Å². The Labute approximate surface area is 89.7 Å². The van der Waals surface area contributed by atoms with Crippen LogP contribution in [0.3, 0.4) is 0 Å². The minimum atomic E-state index is -4.50. The predicted octanol–water partition coefficient (Wildman–Crippen LogP) is 2.10. The van der Waals surface area contributed by atoms with Crippen LogP contribution < -0.4 is 5.73 Å². The lowest BCUT2D eigenvalue weighted by Gasteiger charge is -2.15. The maximum atomic E-state index is 12.5. The number of aliphatic carboxylic acids is 1.